The molecule has 0 amide bonds. The molecule has 0 unspecified atom stereocenters. The minimum absolute atomic E-state index is 0.0359. The number of nitrogens with zero attached hydrogens (tertiary/aromatic N) is 6. The maximum Gasteiger partial charge on any atom is 0.485 e. The molecule has 2 aliphatic rings. The summed E-state index contributed by atoms with van der Waals surface area (Å²) >= 11 is 5.94. The zero-order valence-electron chi connectivity index (χ0n) is 21.7. The Morgan fingerprint density at radius 2 is 2.02 bits per heavy atom. The van der Waals surface area contributed by atoms with Crippen LogP contribution < -0.4 is 15.2 Å². The predicted octanol–water partition coefficient (Wildman–Crippen LogP) is 5.63. The van der Waals surface area contributed by atoms with Gasteiger partial charge in [0.1, 0.15) is 28.7 Å². The smallest absolute Gasteiger partial charge is 0.482 e. The highest BCUT2D eigenvalue weighted by Crippen LogP contribution is 2.56. The van der Waals surface area contributed by atoms with Crippen LogP contribution in [0.1, 0.15) is 41.8 Å². The normalized spacial score (nSPS) is 15.7. The van der Waals surface area contributed by atoms with E-state index in [1.165, 1.54) is 19.3 Å². The molecule has 1 aliphatic carbocycles. The Morgan fingerprint density at radius 3 is 2.62 bits per heavy atom. The van der Waals surface area contributed by atoms with Crippen molar-refractivity contribution in [3.8, 4) is 34.3 Å². The topological polar surface area (TPSA) is 113 Å². The molecule has 0 atom stereocenters. The quantitative estimate of drug-likeness (QED) is 0.181. The number of halogens is 7. The fourth-order valence-corrected chi connectivity index (χ4v) is 5.58. The van der Waals surface area contributed by atoms with Crippen LogP contribution >= 0.6 is 11.6 Å². The lowest BCUT2D eigenvalue weighted by Crippen LogP contribution is -2.49. The molecule has 1 saturated carbocycles. The van der Waals surface area contributed by atoms with E-state index < -0.39 is 75.5 Å². The first-order valence-corrected chi connectivity index (χ1v) is 12.9. The Bertz CT molecular complexity index is 1890. The number of fused-ring (bicyclic) bond motifs is 2. The van der Waals surface area contributed by atoms with Gasteiger partial charge >= 0.3 is 6.30 Å². The second-order valence-corrected chi connectivity index (χ2v) is 10.4. The third-order valence-electron chi connectivity index (χ3n) is 7.52. The number of aryl methyl sites for hydroxylation is 1. The van der Waals surface area contributed by atoms with Crippen LogP contribution in [-0.2, 0) is 12.9 Å². The Kier molecular flexibility index (Phi) is 6.19. The molecule has 42 heavy (non-hydrogen) atoms. The van der Waals surface area contributed by atoms with Crippen LogP contribution in [0.2, 0.25) is 0 Å². The molecule has 0 bridgehead atoms. The number of aromatic nitrogens is 5. The number of benzene rings is 1. The monoisotopic (exact) mass is 609 g/mol. The van der Waals surface area contributed by atoms with Gasteiger partial charge in [-0.05, 0) is 25.8 Å². The van der Waals surface area contributed by atoms with Crippen molar-refractivity contribution in [1.29, 1.82) is 5.26 Å². The fraction of sp³-hybridized carbons (Fsp3) is 0.346. The number of nitrogens with one attached hydrogen (secondary N) is 1. The molecule has 1 N–H and O–H groups in total. The second kappa shape index (κ2) is 9.35. The van der Waals surface area contributed by atoms with Crippen molar-refractivity contribution in [1.82, 2.24) is 25.0 Å². The van der Waals surface area contributed by atoms with Gasteiger partial charge in [0.05, 0.1) is 52.3 Å². The van der Waals surface area contributed by atoms with Crippen molar-refractivity contribution >= 4 is 28.1 Å². The zero-order valence-corrected chi connectivity index (χ0v) is 22.5. The largest absolute Gasteiger partial charge is 0.485 e. The van der Waals surface area contributed by atoms with Crippen LogP contribution in [-0.4, -0.2) is 43.4 Å². The van der Waals surface area contributed by atoms with Crippen molar-refractivity contribution in [3.05, 3.63) is 50.9 Å². The Balaban J connectivity index is 1.66. The highest BCUT2D eigenvalue weighted by molar-refractivity contribution is 6.17. The molecule has 1 aliphatic heterocycles. The van der Waals surface area contributed by atoms with Gasteiger partial charge in [-0.1, -0.05) is 0 Å². The van der Waals surface area contributed by atoms with Crippen LogP contribution in [0.3, 0.4) is 0 Å². The van der Waals surface area contributed by atoms with E-state index >= 15 is 4.39 Å². The standard InChI is InChI=1S/C26H18ClF6N7O2/c1-10-18(28)16(12(7-34)22-20(10)40(26(31,32)33)9-25(42-22)3-4-25)21-13(8-35-39(21)2)14-5-11-15(6-27)37-38-24(41)17(11)19(36-14)23(29)30/h5,8,23H,3-4,6,9H2,1-2H3,(H,38,41). The Labute approximate surface area is 237 Å². The molecule has 1 aromatic carbocycles. The summed E-state index contributed by atoms with van der Waals surface area (Å²) in [6.07, 6.45) is -6.31. The van der Waals surface area contributed by atoms with Crippen LogP contribution in [0.5, 0.6) is 5.75 Å². The lowest BCUT2D eigenvalue weighted by atomic mass is 9.93. The summed E-state index contributed by atoms with van der Waals surface area (Å²) in [7, 11) is 1.38. The van der Waals surface area contributed by atoms with E-state index in [2.05, 4.69) is 20.3 Å². The van der Waals surface area contributed by atoms with Gasteiger partial charge in [0.15, 0.2) is 5.75 Å². The molecule has 218 valence electrons. The minimum Gasteiger partial charge on any atom is -0.482 e. The summed E-state index contributed by atoms with van der Waals surface area (Å²) in [5.74, 6) is -1.85. The number of ether oxygens (including phenoxy) is 1. The summed E-state index contributed by atoms with van der Waals surface area (Å²) in [6.45, 7) is 0.578. The third-order valence-corrected chi connectivity index (χ3v) is 7.77. The van der Waals surface area contributed by atoms with Gasteiger partial charge in [-0.25, -0.2) is 23.3 Å². The Hall–Kier alpha value is -4.32. The average Bonchev–Trinajstić information content (AvgIpc) is 3.58. The molecule has 1 spiro atoms. The van der Waals surface area contributed by atoms with Gasteiger partial charge in [0, 0.05) is 23.6 Å². The first-order chi connectivity index (χ1) is 19.8. The molecular formula is C26H18ClF6N7O2. The molecule has 16 heteroatoms. The number of aromatic amines is 1. The zero-order chi connectivity index (χ0) is 30.3. The molecule has 6 rings (SSSR count). The molecule has 0 saturated heterocycles. The number of pyridine rings is 1. The molecule has 3 aromatic heterocycles. The first-order valence-electron chi connectivity index (χ1n) is 12.4. The lowest BCUT2D eigenvalue weighted by molar-refractivity contribution is -0.135. The first kappa shape index (κ1) is 27.8. The van der Waals surface area contributed by atoms with E-state index in [9.17, 15) is 32.0 Å². The van der Waals surface area contributed by atoms with Crippen molar-refractivity contribution in [2.45, 2.75) is 44.0 Å². The molecule has 4 aromatic rings. The number of H-pyrrole nitrogens is 1. The number of alkyl halides is 6. The van der Waals surface area contributed by atoms with Crippen LogP contribution in [0.25, 0.3) is 33.3 Å². The molecule has 9 nitrogen and oxygen atoms in total. The predicted molar refractivity (Wildman–Crippen MR) is 138 cm³/mol. The fourth-order valence-electron chi connectivity index (χ4n) is 5.37. The van der Waals surface area contributed by atoms with Crippen LogP contribution in [0, 0.1) is 24.1 Å². The van der Waals surface area contributed by atoms with Crippen molar-refractivity contribution in [3.63, 3.8) is 0 Å². The number of hydrogen-bond donors (Lipinski definition) is 1. The van der Waals surface area contributed by atoms with Gasteiger partial charge < -0.3 is 4.74 Å². The van der Waals surface area contributed by atoms with E-state index in [-0.39, 0.29) is 38.8 Å². The summed E-state index contributed by atoms with van der Waals surface area (Å²) < 4.78 is 94.0. The number of nitriles is 1. The van der Waals surface area contributed by atoms with E-state index in [0.717, 1.165) is 11.6 Å². The van der Waals surface area contributed by atoms with Gasteiger partial charge in [0.2, 0.25) is 0 Å². The summed E-state index contributed by atoms with van der Waals surface area (Å²) in [5.41, 5.74) is -5.31. The molecule has 0 radical (unpaired) electrons. The SMILES string of the molecule is Cc1c(F)c(-c2c(-c3cc4c(CCl)n[nH]c(=O)c4c(C(F)F)n3)cnn2C)c(C#N)c2c1N(C(F)(F)F)CC1(CC1)O2. The van der Waals surface area contributed by atoms with Gasteiger partial charge in [0.25, 0.3) is 12.0 Å². The van der Waals surface area contributed by atoms with Crippen molar-refractivity contribution in [2.24, 2.45) is 7.05 Å². The maximum absolute atomic E-state index is 16.2. The number of anilines is 1. The third kappa shape index (κ3) is 4.07. The molecular weight excluding hydrogens is 592 g/mol. The van der Waals surface area contributed by atoms with Gasteiger partial charge in [-0.2, -0.15) is 28.6 Å². The Morgan fingerprint density at radius 1 is 1.31 bits per heavy atom. The number of rotatable bonds is 4. The van der Waals surface area contributed by atoms with Crippen LogP contribution in [0.15, 0.2) is 17.1 Å². The summed E-state index contributed by atoms with van der Waals surface area (Å²) in [4.78, 5) is 16.5. The molecule has 1 fully saturated rings. The minimum atomic E-state index is -4.88. The van der Waals surface area contributed by atoms with Gasteiger partial charge in [-0.15, -0.1) is 11.6 Å². The highest BCUT2D eigenvalue weighted by Gasteiger charge is 2.57. The summed E-state index contributed by atoms with van der Waals surface area (Å²) in [5, 5.41) is 19.7. The van der Waals surface area contributed by atoms with Crippen molar-refractivity contribution < 1.29 is 31.1 Å². The molecule has 4 heterocycles. The van der Waals surface area contributed by atoms with E-state index in [1.807, 2.05) is 0 Å². The van der Waals surface area contributed by atoms with Gasteiger partial charge in [-0.3, -0.25) is 14.4 Å². The average molecular weight is 610 g/mol. The van der Waals surface area contributed by atoms with Crippen molar-refractivity contribution in [2.75, 3.05) is 11.4 Å². The van der Waals surface area contributed by atoms with E-state index in [0.29, 0.717) is 12.8 Å². The second-order valence-electron chi connectivity index (χ2n) is 10.1. The van der Waals surface area contributed by atoms with Crippen LogP contribution in [0.4, 0.5) is 32.0 Å². The number of hydrogen-bond acceptors (Lipinski definition) is 7. The summed E-state index contributed by atoms with van der Waals surface area (Å²) in [6, 6.07) is 3.06. The lowest BCUT2D eigenvalue weighted by Gasteiger charge is -2.39. The highest BCUT2D eigenvalue weighted by atomic mass is 35.5. The maximum atomic E-state index is 16.2. The van der Waals surface area contributed by atoms with E-state index in [1.54, 1.807) is 6.07 Å². The van der Waals surface area contributed by atoms with E-state index in [4.69, 9.17) is 16.3 Å².